The van der Waals surface area contributed by atoms with E-state index in [0.717, 1.165) is 24.1 Å². The average molecular weight is 434 g/mol. The number of para-hydroxylation sites is 1. The SMILES string of the molecule is CCc1cccc(CC)c1NC(N)=NCc1ccc(C#N)cc1.I. The van der Waals surface area contributed by atoms with Crippen LogP contribution in [0, 0.1) is 11.3 Å². The van der Waals surface area contributed by atoms with Crippen molar-refractivity contribution >= 4 is 35.6 Å². The monoisotopic (exact) mass is 434 g/mol. The van der Waals surface area contributed by atoms with Crippen molar-refractivity contribution in [3.63, 3.8) is 0 Å². The molecule has 0 bridgehead atoms. The number of aryl methyl sites for hydroxylation is 2. The zero-order valence-corrected chi connectivity index (χ0v) is 16.4. The van der Waals surface area contributed by atoms with Gasteiger partial charge in [-0.25, -0.2) is 4.99 Å². The number of nitrogens with one attached hydrogen (secondary N) is 1. The van der Waals surface area contributed by atoms with Gasteiger partial charge in [-0.05, 0) is 41.7 Å². The van der Waals surface area contributed by atoms with Gasteiger partial charge >= 0.3 is 0 Å². The van der Waals surface area contributed by atoms with E-state index in [1.165, 1.54) is 11.1 Å². The Morgan fingerprint density at radius 2 is 1.67 bits per heavy atom. The third-order valence-corrected chi connectivity index (χ3v) is 3.77. The van der Waals surface area contributed by atoms with Crippen molar-refractivity contribution in [3.8, 4) is 6.07 Å². The highest BCUT2D eigenvalue weighted by Crippen LogP contribution is 2.22. The van der Waals surface area contributed by atoms with E-state index in [4.69, 9.17) is 11.0 Å². The van der Waals surface area contributed by atoms with Crippen LogP contribution in [-0.2, 0) is 19.4 Å². The normalized spacial score (nSPS) is 10.6. The van der Waals surface area contributed by atoms with Crippen molar-refractivity contribution < 1.29 is 0 Å². The van der Waals surface area contributed by atoms with Gasteiger partial charge in [-0.3, -0.25) is 0 Å². The Hall–Kier alpha value is -2.07. The molecule has 24 heavy (non-hydrogen) atoms. The summed E-state index contributed by atoms with van der Waals surface area (Å²) in [5, 5.41) is 12.1. The molecule has 0 atom stereocenters. The highest BCUT2D eigenvalue weighted by molar-refractivity contribution is 14.0. The molecule has 0 aliphatic carbocycles. The van der Waals surface area contributed by atoms with E-state index in [1.54, 1.807) is 12.1 Å². The number of aliphatic imine (C=N–C) groups is 1. The zero-order chi connectivity index (χ0) is 16.7. The molecule has 2 aromatic rings. The summed E-state index contributed by atoms with van der Waals surface area (Å²) in [6.07, 6.45) is 1.89. The maximum absolute atomic E-state index is 8.80. The second-order valence-corrected chi connectivity index (χ2v) is 5.29. The number of rotatable bonds is 5. The minimum Gasteiger partial charge on any atom is -0.370 e. The lowest BCUT2D eigenvalue weighted by atomic mass is 10.0. The minimum atomic E-state index is 0. The molecular formula is C19H23IN4. The second kappa shape index (κ2) is 9.93. The van der Waals surface area contributed by atoms with Gasteiger partial charge in [0, 0.05) is 5.69 Å². The second-order valence-electron chi connectivity index (χ2n) is 5.29. The summed E-state index contributed by atoms with van der Waals surface area (Å²) in [6.45, 7) is 4.74. The largest absolute Gasteiger partial charge is 0.370 e. The van der Waals surface area contributed by atoms with E-state index in [1.807, 2.05) is 12.1 Å². The lowest BCUT2D eigenvalue weighted by Crippen LogP contribution is -2.24. The van der Waals surface area contributed by atoms with Gasteiger partial charge in [0.25, 0.3) is 0 Å². The Balaban J connectivity index is 0.00000288. The third-order valence-electron chi connectivity index (χ3n) is 3.77. The molecule has 0 saturated heterocycles. The van der Waals surface area contributed by atoms with E-state index >= 15 is 0 Å². The predicted molar refractivity (Wildman–Crippen MR) is 111 cm³/mol. The molecule has 0 amide bonds. The number of anilines is 1. The fourth-order valence-electron chi connectivity index (χ4n) is 2.43. The van der Waals surface area contributed by atoms with E-state index in [-0.39, 0.29) is 24.0 Å². The standard InChI is InChI=1S/C19H22N4.HI/c1-3-16-6-5-7-17(4-2)18(16)23-19(21)22-13-15-10-8-14(12-20)9-11-15;/h5-11H,3-4,13H2,1-2H3,(H3,21,22,23);1H. The highest BCUT2D eigenvalue weighted by atomic mass is 127. The molecule has 0 spiro atoms. The van der Waals surface area contributed by atoms with E-state index < -0.39 is 0 Å². The molecule has 0 aliphatic heterocycles. The van der Waals surface area contributed by atoms with Gasteiger partial charge in [-0.1, -0.05) is 44.2 Å². The van der Waals surface area contributed by atoms with Gasteiger partial charge in [-0.15, -0.1) is 24.0 Å². The van der Waals surface area contributed by atoms with Crippen molar-refractivity contribution in [2.75, 3.05) is 5.32 Å². The Morgan fingerprint density at radius 3 is 2.17 bits per heavy atom. The first-order chi connectivity index (χ1) is 11.2. The molecule has 0 radical (unpaired) electrons. The van der Waals surface area contributed by atoms with Crippen molar-refractivity contribution in [2.24, 2.45) is 10.7 Å². The Morgan fingerprint density at radius 1 is 1.08 bits per heavy atom. The molecule has 2 rings (SSSR count). The smallest absolute Gasteiger partial charge is 0.193 e. The number of nitrogens with zero attached hydrogens (tertiary/aromatic N) is 2. The number of benzene rings is 2. The van der Waals surface area contributed by atoms with Crippen LogP contribution >= 0.6 is 24.0 Å². The van der Waals surface area contributed by atoms with E-state index in [9.17, 15) is 0 Å². The van der Waals surface area contributed by atoms with Crippen molar-refractivity contribution in [3.05, 3.63) is 64.7 Å². The molecule has 126 valence electrons. The fraction of sp³-hybridized carbons (Fsp3) is 0.263. The first-order valence-corrected chi connectivity index (χ1v) is 7.84. The maximum atomic E-state index is 8.80. The van der Waals surface area contributed by atoms with Crippen LogP contribution in [0.1, 0.15) is 36.1 Å². The molecular weight excluding hydrogens is 411 g/mol. The van der Waals surface area contributed by atoms with Crippen LogP contribution in [0.15, 0.2) is 47.5 Å². The highest BCUT2D eigenvalue weighted by Gasteiger charge is 2.06. The molecule has 3 N–H and O–H groups in total. The molecule has 0 aromatic heterocycles. The van der Waals surface area contributed by atoms with Crippen LogP contribution in [0.4, 0.5) is 5.69 Å². The topological polar surface area (TPSA) is 74.2 Å². The molecule has 2 aromatic carbocycles. The van der Waals surface area contributed by atoms with Gasteiger partial charge in [0.2, 0.25) is 0 Å². The molecule has 0 fully saturated rings. The van der Waals surface area contributed by atoms with Gasteiger partial charge in [-0.2, -0.15) is 5.26 Å². The Bertz CT molecular complexity index is 708. The fourth-order valence-corrected chi connectivity index (χ4v) is 2.43. The third kappa shape index (κ3) is 5.24. The van der Waals surface area contributed by atoms with Gasteiger partial charge in [0.05, 0.1) is 18.2 Å². The summed E-state index contributed by atoms with van der Waals surface area (Å²) in [6, 6.07) is 15.8. The molecule has 5 heteroatoms. The van der Waals surface area contributed by atoms with Gasteiger partial charge in [0.15, 0.2) is 5.96 Å². The van der Waals surface area contributed by atoms with Crippen LogP contribution in [0.2, 0.25) is 0 Å². The molecule has 4 nitrogen and oxygen atoms in total. The first kappa shape index (κ1) is 20.0. The first-order valence-electron chi connectivity index (χ1n) is 7.84. The number of guanidine groups is 1. The molecule has 0 unspecified atom stereocenters. The Labute approximate surface area is 160 Å². The van der Waals surface area contributed by atoms with Crippen LogP contribution in [0.3, 0.4) is 0 Å². The van der Waals surface area contributed by atoms with Crippen molar-refractivity contribution in [2.45, 2.75) is 33.2 Å². The van der Waals surface area contributed by atoms with Crippen LogP contribution < -0.4 is 11.1 Å². The zero-order valence-electron chi connectivity index (χ0n) is 14.0. The number of nitriles is 1. The summed E-state index contributed by atoms with van der Waals surface area (Å²) in [5.74, 6) is 0.407. The number of halogens is 1. The molecule has 0 saturated carbocycles. The van der Waals surface area contributed by atoms with E-state index in [0.29, 0.717) is 18.1 Å². The summed E-state index contributed by atoms with van der Waals surface area (Å²) < 4.78 is 0. The van der Waals surface area contributed by atoms with E-state index in [2.05, 4.69) is 48.4 Å². The van der Waals surface area contributed by atoms with Gasteiger partial charge < -0.3 is 11.1 Å². The van der Waals surface area contributed by atoms with Crippen LogP contribution in [-0.4, -0.2) is 5.96 Å². The summed E-state index contributed by atoms with van der Waals surface area (Å²) >= 11 is 0. The van der Waals surface area contributed by atoms with Gasteiger partial charge in [0.1, 0.15) is 0 Å². The summed E-state index contributed by atoms with van der Waals surface area (Å²) in [7, 11) is 0. The van der Waals surface area contributed by atoms with Crippen molar-refractivity contribution in [1.82, 2.24) is 0 Å². The predicted octanol–water partition coefficient (Wildman–Crippen LogP) is 4.23. The molecule has 0 aliphatic rings. The number of nitrogens with two attached hydrogens (primary N) is 1. The minimum absolute atomic E-state index is 0. The summed E-state index contributed by atoms with van der Waals surface area (Å²) in [5.41, 5.74) is 11.3. The lowest BCUT2D eigenvalue weighted by Gasteiger charge is -2.14. The van der Waals surface area contributed by atoms with Crippen molar-refractivity contribution in [1.29, 1.82) is 5.26 Å². The number of hydrogen-bond donors (Lipinski definition) is 2. The molecule has 0 heterocycles. The lowest BCUT2D eigenvalue weighted by molar-refractivity contribution is 1.05. The van der Waals surface area contributed by atoms with Crippen LogP contribution in [0.25, 0.3) is 0 Å². The van der Waals surface area contributed by atoms with Crippen LogP contribution in [0.5, 0.6) is 0 Å². The maximum Gasteiger partial charge on any atom is 0.193 e. The summed E-state index contributed by atoms with van der Waals surface area (Å²) in [4.78, 5) is 4.40. The average Bonchev–Trinajstić information content (AvgIpc) is 2.60. The number of hydrogen-bond acceptors (Lipinski definition) is 2. The quantitative estimate of drug-likeness (QED) is 0.420. The Kier molecular flexibility index (Phi) is 8.27.